The van der Waals surface area contributed by atoms with Crippen molar-refractivity contribution in [3.8, 4) is 0 Å². The van der Waals surface area contributed by atoms with Gasteiger partial charge in [-0.3, -0.25) is 0 Å². The first-order valence-corrected chi connectivity index (χ1v) is 6.87. The molecule has 1 aromatic carbocycles. The minimum absolute atomic E-state index is 0.430. The maximum absolute atomic E-state index is 5.98. The Hall–Kier alpha value is -1.84. The lowest BCUT2D eigenvalue weighted by atomic mass is 9.92. The Balaban J connectivity index is 1.83. The first-order chi connectivity index (χ1) is 9.11. The summed E-state index contributed by atoms with van der Waals surface area (Å²) < 4.78 is 0. The van der Waals surface area contributed by atoms with Crippen molar-refractivity contribution in [1.29, 1.82) is 0 Å². The highest BCUT2D eigenvalue weighted by Gasteiger charge is 2.45. The van der Waals surface area contributed by atoms with Gasteiger partial charge in [-0.25, -0.2) is 9.97 Å². The van der Waals surface area contributed by atoms with E-state index in [0.29, 0.717) is 23.0 Å². The first kappa shape index (κ1) is 12.2. The largest absolute Gasteiger partial charge is 0.381 e. The Labute approximate surface area is 113 Å². The van der Waals surface area contributed by atoms with E-state index in [4.69, 9.17) is 5.73 Å². The zero-order chi connectivity index (χ0) is 13.5. The van der Waals surface area contributed by atoms with Crippen LogP contribution in [0.5, 0.6) is 0 Å². The molecule has 0 bridgehead atoms. The van der Waals surface area contributed by atoms with Crippen molar-refractivity contribution in [2.24, 2.45) is 11.3 Å². The summed E-state index contributed by atoms with van der Waals surface area (Å²) in [6, 6.07) is 7.80. The topological polar surface area (TPSA) is 63.8 Å². The van der Waals surface area contributed by atoms with Crippen molar-refractivity contribution >= 4 is 22.7 Å². The van der Waals surface area contributed by atoms with Gasteiger partial charge in [0, 0.05) is 6.54 Å². The number of para-hydroxylation sites is 2. The smallest absolute Gasteiger partial charge is 0.169 e. The summed E-state index contributed by atoms with van der Waals surface area (Å²) in [5.74, 6) is 1.89. The van der Waals surface area contributed by atoms with Gasteiger partial charge in [-0.2, -0.15) is 0 Å². The molecule has 2 aromatic rings. The van der Waals surface area contributed by atoms with Crippen LogP contribution in [-0.2, 0) is 0 Å². The van der Waals surface area contributed by atoms with Crippen molar-refractivity contribution in [3.05, 3.63) is 24.3 Å². The second-order valence-electron chi connectivity index (χ2n) is 5.82. The molecular formula is C15H20N4. The maximum Gasteiger partial charge on any atom is 0.169 e. The van der Waals surface area contributed by atoms with Crippen LogP contribution in [0.4, 0.5) is 11.6 Å². The zero-order valence-electron chi connectivity index (χ0n) is 11.5. The molecule has 0 amide bonds. The van der Waals surface area contributed by atoms with Gasteiger partial charge in [0.2, 0.25) is 0 Å². The third-order valence-electron chi connectivity index (χ3n) is 4.32. The van der Waals surface area contributed by atoms with Gasteiger partial charge in [-0.15, -0.1) is 0 Å². The van der Waals surface area contributed by atoms with Gasteiger partial charge in [0.25, 0.3) is 0 Å². The third kappa shape index (κ3) is 2.23. The summed E-state index contributed by atoms with van der Waals surface area (Å²) in [5.41, 5.74) is 8.13. The number of hydrogen-bond donors (Lipinski definition) is 2. The van der Waals surface area contributed by atoms with E-state index >= 15 is 0 Å². The van der Waals surface area contributed by atoms with Crippen molar-refractivity contribution < 1.29 is 0 Å². The number of rotatable bonds is 4. The molecular weight excluding hydrogens is 236 g/mol. The average molecular weight is 256 g/mol. The monoisotopic (exact) mass is 256 g/mol. The first-order valence-electron chi connectivity index (χ1n) is 6.87. The number of fused-ring (bicyclic) bond motifs is 1. The Morgan fingerprint density at radius 1 is 1.21 bits per heavy atom. The lowest BCUT2D eigenvalue weighted by Gasteiger charge is -2.20. The van der Waals surface area contributed by atoms with Gasteiger partial charge in [0.15, 0.2) is 11.6 Å². The van der Waals surface area contributed by atoms with Crippen LogP contribution in [0.3, 0.4) is 0 Å². The lowest BCUT2D eigenvalue weighted by molar-refractivity contribution is 0.380. The van der Waals surface area contributed by atoms with Gasteiger partial charge in [-0.1, -0.05) is 26.0 Å². The van der Waals surface area contributed by atoms with Gasteiger partial charge < -0.3 is 11.1 Å². The molecule has 0 radical (unpaired) electrons. The number of nitrogen functional groups attached to an aromatic ring is 1. The Morgan fingerprint density at radius 3 is 2.42 bits per heavy atom. The fraction of sp³-hybridized carbons (Fsp3) is 0.467. The van der Waals surface area contributed by atoms with E-state index in [1.807, 2.05) is 24.3 Å². The molecule has 4 nitrogen and oxygen atoms in total. The summed E-state index contributed by atoms with van der Waals surface area (Å²) in [6.07, 6.45) is 2.58. The van der Waals surface area contributed by atoms with Gasteiger partial charge >= 0.3 is 0 Å². The second-order valence-corrected chi connectivity index (χ2v) is 5.82. The molecule has 0 spiro atoms. The fourth-order valence-corrected chi connectivity index (χ4v) is 2.52. The summed E-state index contributed by atoms with van der Waals surface area (Å²) in [5, 5.41) is 3.39. The summed E-state index contributed by atoms with van der Waals surface area (Å²) in [6.45, 7) is 5.50. The van der Waals surface area contributed by atoms with E-state index in [-0.39, 0.29) is 0 Å². The molecule has 1 saturated carbocycles. The van der Waals surface area contributed by atoms with Crippen LogP contribution in [0.25, 0.3) is 11.0 Å². The standard InChI is InChI=1S/C15H20N4/c1-10(2)15(7-8-15)9-17-14-13(16)18-11-5-3-4-6-12(11)19-14/h3-6,10H,7-9H2,1-2H3,(H2,16,18)(H,17,19). The third-order valence-corrected chi connectivity index (χ3v) is 4.32. The van der Waals surface area contributed by atoms with Gasteiger partial charge in [-0.05, 0) is 36.3 Å². The molecule has 1 aliphatic rings. The van der Waals surface area contributed by atoms with Crippen LogP contribution in [0.1, 0.15) is 26.7 Å². The highest BCUT2D eigenvalue weighted by atomic mass is 15.1. The molecule has 1 heterocycles. The highest BCUT2D eigenvalue weighted by molar-refractivity contribution is 5.79. The van der Waals surface area contributed by atoms with Crippen molar-refractivity contribution in [1.82, 2.24) is 9.97 Å². The van der Waals surface area contributed by atoms with E-state index in [0.717, 1.165) is 17.6 Å². The number of nitrogens with two attached hydrogens (primary N) is 1. The van der Waals surface area contributed by atoms with Crippen molar-refractivity contribution in [2.45, 2.75) is 26.7 Å². The van der Waals surface area contributed by atoms with Crippen molar-refractivity contribution in [3.63, 3.8) is 0 Å². The van der Waals surface area contributed by atoms with E-state index in [2.05, 4.69) is 29.1 Å². The van der Waals surface area contributed by atoms with Crippen LogP contribution < -0.4 is 11.1 Å². The highest BCUT2D eigenvalue weighted by Crippen LogP contribution is 2.51. The molecule has 1 fully saturated rings. The molecule has 1 aromatic heterocycles. The maximum atomic E-state index is 5.98. The molecule has 100 valence electrons. The average Bonchev–Trinajstić information content (AvgIpc) is 3.17. The lowest BCUT2D eigenvalue weighted by Crippen LogP contribution is -2.22. The molecule has 0 saturated heterocycles. The number of nitrogens with zero attached hydrogens (tertiary/aromatic N) is 2. The molecule has 0 unspecified atom stereocenters. The minimum Gasteiger partial charge on any atom is -0.381 e. The molecule has 3 rings (SSSR count). The summed E-state index contributed by atoms with van der Waals surface area (Å²) in [4.78, 5) is 8.96. The minimum atomic E-state index is 0.430. The predicted octanol–water partition coefficient (Wildman–Crippen LogP) is 3.06. The van der Waals surface area contributed by atoms with E-state index in [1.165, 1.54) is 12.8 Å². The number of aromatic nitrogens is 2. The van der Waals surface area contributed by atoms with Crippen LogP contribution >= 0.6 is 0 Å². The molecule has 1 aliphatic carbocycles. The molecule has 3 N–H and O–H groups in total. The predicted molar refractivity (Wildman–Crippen MR) is 78.9 cm³/mol. The molecule has 19 heavy (non-hydrogen) atoms. The van der Waals surface area contributed by atoms with Crippen LogP contribution in [-0.4, -0.2) is 16.5 Å². The Kier molecular flexibility index (Phi) is 2.81. The van der Waals surface area contributed by atoms with Crippen LogP contribution in [0.15, 0.2) is 24.3 Å². The second kappa shape index (κ2) is 4.37. The number of anilines is 2. The van der Waals surface area contributed by atoms with Crippen LogP contribution in [0.2, 0.25) is 0 Å². The van der Waals surface area contributed by atoms with E-state index < -0.39 is 0 Å². The number of benzene rings is 1. The Morgan fingerprint density at radius 2 is 1.84 bits per heavy atom. The van der Waals surface area contributed by atoms with E-state index in [9.17, 15) is 0 Å². The Bertz CT molecular complexity index is 602. The van der Waals surface area contributed by atoms with Crippen LogP contribution in [0, 0.1) is 11.3 Å². The van der Waals surface area contributed by atoms with Crippen molar-refractivity contribution in [2.75, 3.05) is 17.6 Å². The summed E-state index contributed by atoms with van der Waals surface area (Å²) >= 11 is 0. The summed E-state index contributed by atoms with van der Waals surface area (Å²) in [7, 11) is 0. The fourth-order valence-electron chi connectivity index (χ4n) is 2.52. The SMILES string of the molecule is CC(C)C1(CNc2nc3ccccc3nc2N)CC1. The quantitative estimate of drug-likeness (QED) is 0.882. The van der Waals surface area contributed by atoms with E-state index in [1.54, 1.807) is 0 Å². The normalized spacial score (nSPS) is 16.8. The van der Waals surface area contributed by atoms with Gasteiger partial charge in [0.05, 0.1) is 11.0 Å². The van der Waals surface area contributed by atoms with Gasteiger partial charge in [0.1, 0.15) is 0 Å². The number of nitrogens with one attached hydrogen (secondary N) is 1. The molecule has 0 aliphatic heterocycles. The number of hydrogen-bond acceptors (Lipinski definition) is 4. The molecule has 0 atom stereocenters. The zero-order valence-corrected chi connectivity index (χ0v) is 11.5. The molecule has 4 heteroatoms.